The predicted octanol–water partition coefficient (Wildman–Crippen LogP) is 4.06. The molecule has 0 aromatic carbocycles. The van der Waals surface area contributed by atoms with Crippen LogP contribution in [0.2, 0.25) is 0 Å². The molecule has 0 aliphatic heterocycles. The number of hydrogen-bond donors (Lipinski definition) is 0. The van der Waals surface area contributed by atoms with E-state index in [1.165, 1.54) is 5.57 Å². The zero-order valence-electron chi connectivity index (χ0n) is 11.9. The molecule has 2 nitrogen and oxygen atoms in total. The number of carbonyl (C=O) groups excluding carboxylic acids is 1. The summed E-state index contributed by atoms with van der Waals surface area (Å²) in [6.45, 7) is 10.6. The maximum atomic E-state index is 10.8. The molecule has 0 aliphatic rings. The van der Waals surface area contributed by atoms with Crippen LogP contribution in [0.4, 0.5) is 0 Å². The van der Waals surface area contributed by atoms with Gasteiger partial charge in [0.05, 0.1) is 12.7 Å². The van der Waals surface area contributed by atoms with E-state index >= 15 is 0 Å². The van der Waals surface area contributed by atoms with Crippen LogP contribution in [0.3, 0.4) is 0 Å². The van der Waals surface area contributed by atoms with Crippen molar-refractivity contribution in [2.45, 2.75) is 60.0 Å². The van der Waals surface area contributed by atoms with Crippen LogP contribution in [0.1, 0.15) is 53.9 Å². The Bertz CT molecular complexity index is 285. The largest absolute Gasteiger partial charge is 0.378 e. The zero-order chi connectivity index (χ0) is 13.3. The van der Waals surface area contributed by atoms with Crippen molar-refractivity contribution in [2.75, 3.05) is 6.61 Å². The fourth-order valence-corrected chi connectivity index (χ4v) is 1.52. The highest BCUT2D eigenvalue weighted by atomic mass is 16.5. The molecule has 0 saturated carbocycles. The summed E-state index contributed by atoms with van der Waals surface area (Å²) < 4.78 is 5.50. The molecule has 0 bridgehead atoms. The summed E-state index contributed by atoms with van der Waals surface area (Å²) in [5, 5.41) is 0. The van der Waals surface area contributed by atoms with Gasteiger partial charge in [0.15, 0.2) is 5.78 Å². The normalized spacial score (nSPS) is 13.3. The molecular weight excluding hydrogens is 212 g/mol. The van der Waals surface area contributed by atoms with Gasteiger partial charge in [0.2, 0.25) is 0 Å². The smallest absolute Gasteiger partial charge is 0.152 e. The lowest BCUT2D eigenvalue weighted by atomic mass is 10.1. The van der Waals surface area contributed by atoms with Gasteiger partial charge in [-0.15, -0.1) is 0 Å². The summed E-state index contributed by atoms with van der Waals surface area (Å²) >= 11 is 0. The van der Waals surface area contributed by atoms with E-state index < -0.39 is 0 Å². The summed E-state index contributed by atoms with van der Waals surface area (Å²) in [5.41, 5.74) is 2.52. The molecule has 0 amide bonds. The Morgan fingerprint density at radius 3 is 2.29 bits per heavy atom. The van der Waals surface area contributed by atoms with Crippen LogP contribution in [0, 0.1) is 0 Å². The summed E-state index contributed by atoms with van der Waals surface area (Å²) in [4.78, 5) is 10.8. The van der Waals surface area contributed by atoms with E-state index in [-0.39, 0.29) is 5.78 Å². The second kappa shape index (κ2) is 9.17. The van der Waals surface area contributed by atoms with Gasteiger partial charge < -0.3 is 4.74 Å². The average molecular weight is 238 g/mol. The Morgan fingerprint density at radius 2 is 1.76 bits per heavy atom. The van der Waals surface area contributed by atoms with Crippen LogP contribution in [0.5, 0.6) is 0 Å². The van der Waals surface area contributed by atoms with Gasteiger partial charge in [-0.25, -0.2) is 0 Å². The number of carbonyl (C=O) groups is 1. The fraction of sp³-hybridized carbons (Fsp3) is 0.667. The predicted molar refractivity (Wildman–Crippen MR) is 73.1 cm³/mol. The summed E-state index contributed by atoms with van der Waals surface area (Å²) in [5.74, 6) is 0.133. The van der Waals surface area contributed by atoms with Crippen LogP contribution in [0.25, 0.3) is 0 Å². The summed E-state index contributed by atoms with van der Waals surface area (Å²) in [6, 6.07) is 0. The van der Waals surface area contributed by atoms with Gasteiger partial charge >= 0.3 is 0 Å². The van der Waals surface area contributed by atoms with E-state index in [4.69, 9.17) is 4.74 Å². The van der Waals surface area contributed by atoms with Crippen molar-refractivity contribution in [3.63, 3.8) is 0 Å². The Kier molecular flexibility index (Phi) is 8.69. The van der Waals surface area contributed by atoms with Gasteiger partial charge in [0, 0.05) is 0 Å². The Hall–Kier alpha value is -0.890. The van der Waals surface area contributed by atoms with Crippen molar-refractivity contribution in [1.29, 1.82) is 0 Å². The molecule has 2 heteroatoms. The molecule has 0 aromatic rings. The maximum Gasteiger partial charge on any atom is 0.152 e. The number of hydrogen-bond acceptors (Lipinski definition) is 2. The highest BCUT2D eigenvalue weighted by molar-refractivity contribution is 5.87. The molecule has 0 saturated heterocycles. The third-order valence-electron chi connectivity index (χ3n) is 2.43. The van der Waals surface area contributed by atoms with Crippen molar-refractivity contribution in [2.24, 2.45) is 0 Å². The molecule has 0 rings (SSSR count). The lowest BCUT2D eigenvalue weighted by Crippen LogP contribution is -2.03. The minimum absolute atomic E-state index is 0.133. The molecule has 0 aromatic heterocycles. The minimum Gasteiger partial charge on any atom is -0.378 e. The zero-order valence-corrected chi connectivity index (χ0v) is 11.9. The van der Waals surface area contributed by atoms with Crippen molar-refractivity contribution >= 4 is 5.78 Å². The van der Waals surface area contributed by atoms with Crippen LogP contribution >= 0.6 is 0 Å². The van der Waals surface area contributed by atoms with Gasteiger partial charge in [0.1, 0.15) is 0 Å². The topological polar surface area (TPSA) is 26.3 Å². The second-order valence-corrected chi connectivity index (χ2v) is 4.86. The van der Waals surface area contributed by atoms with Gasteiger partial charge in [-0.1, -0.05) is 17.2 Å². The van der Waals surface area contributed by atoms with E-state index in [0.717, 1.165) is 31.4 Å². The third kappa shape index (κ3) is 11.4. The lowest BCUT2D eigenvalue weighted by Gasteiger charge is -2.07. The van der Waals surface area contributed by atoms with Crippen molar-refractivity contribution in [3.05, 3.63) is 23.3 Å². The monoisotopic (exact) mass is 238 g/mol. The lowest BCUT2D eigenvalue weighted by molar-refractivity contribution is -0.112. The first-order chi connectivity index (χ1) is 7.91. The third-order valence-corrected chi connectivity index (χ3v) is 2.43. The van der Waals surface area contributed by atoms with Crippen LogP contribution in [0.15, 0.2) is 23.3 Å². The molecular formula is C15H26O2. The van der Waals surface area contributed by atoms with Crippen molar-refractivity contribution in [1.82, 2.24) is 0 Å². The van der Waals surface area contributed by atoms with Crippen LogP contribution < -0.4 is 0 Å². The molecule has 0 fully saturated rings. The quantitative estimate of drug-likeness (QED) is 0.471. The molecule has 0 atom stereocenters. The number of ether oxygens (including phenoxy) is 1. The van der Waals surface area contributed by atoms with Crippen LogP contribution in [-0.4, -0.2) is 18.5 Å². The molecule has 0 unspecified atom stereocenters. The molecule has 0 N–H and O–H groups in total. The van der Waals surface area contributed by atoms with E-state index in [2.05, 4.69) is 26.8 Å². The molecule has 0 radical (unpaired) electrons. The van der Waals surface area contributed by atoms with Gasteiger partial charge in [0.25, 0.3) is 0 Å². The number of rotatable bonds is 8. The second-order valence-electron chi connectivity index (χ2n) is 4.86. The number of allylic oxidation sites excluding steroid dienone is 3. The van der Waals surface area contributed by atoms with Crippen molar-refractivity contribution in [3.8, 4) is 0 Å². The molecule has 17 heavy (non-hydrogen) atoms. The van der Waals surface area contributed by atoms with Crippen LogP contribution in [-0.2, 0) is 9.53 Å². The first-order valence-corrected chi connectivity index (χ1v) is 6.36. The molecule has 0 spiro atoms. The molecule has 0 aliphatic carbocycles. The molecule has 0 heterocycles. The highest BCUT2D eigenvalue weighted by Gasteiger charge is 1.95. The SMILES string of the molecule is CC(=O)/C=C(\C)CC/C=C(\C)CCOC(C)C. The standard InChI is InChI=1S/C15H26O2/c1-12(2)17-10-9-13(3)7-6-8-14(4)11-15(5)16/h7,11-12H,6,8-10H2,1-5H3/b13-7+,14-11+. The van der Waals surface area contributed by atoms with Crippen molar-refractivity contribution < 1.29 is 9.53 Å². The number of ketones is 1. The maximum absolute atomic E-state index is 10.8. The minimum atomic E-state index is 0.133. The fourth-order valence-electron chi connectivity index (χ4n) is 1.52. The Balaban J connectivity index is 3.80. The molecule has 98 valence electrons. The summed E-state index contributed by atoms with van der Waals surface area (Å²) in [7, 11) is 0. The first-order valence-electron chi connectivity index (χ1n) is 6.36. The Morgan fingerprint density at radius 1 is 1.12 bits per heavy atom. The van der Waals surface area contributed by atoms with E-state index in [1.54, 1.807) is 13.0 Å². The van der Waals surface area contributed by atoms with Gasteiger partial charge in [-0.3, -0.25) is 4.79 Å². The van der Waals surface area contributed by atoms with Gasteiger partial charge in [-0.05, 0) is 60.0 Å². The first kappa shape index (κ1) is 16.1. The highest BCUT2D eigenvalue weighted by Crippen LogP contribution is 2.09. The van der Waals surface area contributed by atoms with Gasteiger partial charge in [-0.2, -0.15) is 0 Å². The van der Waals surface area contributed by atoms with E-state index in [1.807, 2.05) is 6.92 Å². The summed E-state index contributed by atoms with van der Waals surface area (Å²) in [6.07, 6.45) is 7.22. The average Bonchev–Trinajstić information content (AvgIpc) is 2.15. The Labute approximate surface area is 106 Å². The van der Waals surface area contributed by atoms with E-state index in [0.29, 0.717) is 6.10 Å². The van der Waals surface area contributed by atoms with E-state index in [9.17, 15) is 4.79 Å².